The van der Waals surface area contributed by atoms with Crippen molar-refractivity contribution < 1.29 is 24.4 Å². The van der Waals surface area contributed by atoms with Gasteiger partial charge in [-0.3, -0.25) is 0 Å². The van der Waals surface area contributed by atoms with Crippen molar-refractivity contribution in [1.29, 1.82) is 0 Å². The Kier molecular flexibility index (Phi) is 9.39. The topological polar surface area (TPSA) is 74.8 Å². The van der Waals surface area contributed by atoms with E-state index in [0.717, 1.165) is 45.2 Å². The van der Waals surface area contributed by atoms with E-state index in [1.54, 1.807) is 0 Å². The van der Waals surface area contributed by atoms with Crippen LogP contribution in [-0.4, -0.2) is 55.1 Å². The molecule has 0 radical (unpaired) electrons. The normalized spacial score (nSPS) is 23.7. The van der Waals surface area contributed by atoms with Crippen LogP contribution in [0.25, 0.3) is 0 Å². The number of hydrogen-bond donors (Lipinski definition) is 2. The molecule has 5 heteroatoms. The van der Waals surface area contributed by atoms with Gasteiger partial charge in [0.05, 0.1) is 26.4 Å². The predicted octanol–water partition coefficient (Wildman–Crippen LogP) is 1.70. The number of aliphatic hydroxyl groups is 2. The largest absolute Gasteiger partial charge is 0.376 e. The fraction of sp³-hybridized carbons (Fsp3) is 1.00. The van der Waals surface area contributed by atoms with E-state index < -0.39 is 6.29 Å². The summed E-state index contributed by atoms with van der Waals surface area (Å²) < 4.78 is 15.1. The molecule has 2 aliphatic heterocycles. The molecule has 2 N–H and O–H groups in total. The molecule has 2 fully saturated rings. The molecule has 2 aliphatic rings. The standard InChI is InChI=1S/C9H20O2.C6H10O3/c1-3-8(4-2)6-5-7-9(10)11;1(5-3-8-5)7-2-6-4-9-6/h8-11H,3-7H2,1-2H3;5-6H,1-4H2. The summed E-state index contributed by atoms with van der Waals surface area (Å²) in [5, 5.41) is 17.1. The summed E-state index contributed by atoms with van der Waals surface area (Å²) in [6.07, 6.45) is 4.68. The maximum Gasteiger partial charge on any atom is 0.151 e. The predicted molar refractivity (Wildman–Crippen MR) is 76.4 cm³/mol. The lowest BCUT2D eigenvalue weighted by Gasteiger charge is -2.11. The smallest absolute Gasteiger partial charge is 0.151 e. The summed E-state index contributed by atoms with van der Waals surface area (Å²) in [5.74, 6) is 0.772. The van der Waals surface area contributed by atoms with Gasteiger partial charge in [0, 0.05) is 0 Å². The zero-order chi connectivity index (χ0) is 14.8. The Morgan fingerprint density at radius 3 is 1.85 bits per heavy atom. The first-order valence-corrected chi connectivity index (χ1v) is 7.82. The van der Waals surface area contributed by atoms with Crippen molar-refractivity contribution in [3.63, 3.8) is 0 Å². The minimum Gasteiger partial charge on any atom is -0.376 e. The molecule has 0 bridgehead atoms. The molecule has 2 unspecified atom stereocenters. The highest BCUT2D eigenvalue weighted by Crippen LogP contribution is 2.16. The lowest BCUT2D eigenvalue weighted by molar-refractivity contribution is -0.0471. The van der Waals surface area contributed by atoms with Crippen LogP contribution in [0.4, 0.5) is 0 Å². The lowest BCUT2D eigenvalue weighted by Crippen LogP contribution is -2.06. The van der Waals surface area contributed by atoms with E-state index in [0.29, 0.717) is 18.6 Å². The van der Waals surface area contributed by atoms with Gasteiger partial charge in [0.1, 0.15) is 12.2 Å². The Morgan fingerprint density at radius 2 is 1.50 bits per heavy atom. The van der Waals surface area contributed by atoms with Gasteiger partial charge in [-0.1, -0.05) is 33.1 Å². The Bertz CT molecular complexity index is 210. The van der Waals surface area contributed by atoms with E-state index in [1.165, 1.54) is 12.8 Å². The Balaban J connectivity index is 0.000000202. The van der Waals surface area contributed by atoms with Crippen molar-refractivity contribution in [3.8, 4) is 0 Å². The summed E-state index contributed by atoms with van der Waals surface area (Å²) in [7, 11) is 0. The first-order chi connectivity index (χ1) is 9.65. The van der Waals surface area contributed by atoms with Gasteiger partial charge >= 0.3 is 0 Å². The van der Waals surface area contributed by atoms with Crippen molar-refractivity contribution in [1.82, 2.24) is 0 Å². The molecule has 2 saturated heterocycles. The minimum atomic E-state index is -1.11. The molecule has 2 rings (SSSR count). The van der Waals surface area contributed by atoms with Crippen molar-refractivity contribution in [2.24, 2.45) is 5.92 Å². The third-order valence-corrected chi connectivity index (χ3v) is 3.64. The lowest BCUT2D eigenvalue weighted by atomic mass is 9.97. The van der Waals surface area contributed by atoms with E-state index >= 15 is 0 Å². The van der Waals surface area contributed by atoms with Crippen LogP contribution in [0.2, 0.25) is 0 Å². The number of aliphatic hydroxyl groups excluding tert-OH is 1. The van der Waals surface area contributed by atoms with E-state index in [1.807, 2.05) is 0 Å². The van der Waals surface area contributed by atoms with Crippen molar-refractivity contribution >= 4 is 0 Å². The highest BCUT2D eigenvalue weighted by Gasteiger charge is 2.26. The molecular formula is C15H30O5. The molecule has 5 nitrogen and oxygen atoms in total. The molecular weight excluding hydrogens is 260 g/mol. The molecule has 0 saturated carbocycles. The highest BCUT2D eigenvalue weighted by molar-refractivity contribution is 4.71. The van der Waals surface area contributed by atoms with Crippen molar-refractivity contribution in [3.05, 3.63) is 0 Å². The molecule has 20 heavy (non-hydrogen) atoms. The van der Waals surface area contributed by atoms with E-state index in [-0.39, 0.29) is 0 Å². The fourth-order valence-corrected chi connectivity index (χ4v) is 1.95. The molecule has 0 aromatic rings. The number of ether oxygens (including phenoxy) is 3. The van der Waals surface area contributed by atoms with Gasteiger partial charge in [-0.2, -0.15) is 0 Å². The molecule has 0 aromatic carbocycles. The third-order valence-electron chi connectivity index (χ3n) is 3.64. The molecule has 2 atom stereocenters. The van der Waals surface area contributed by atoms with Crippen molar-refractivity contribution in [2.45, 2.75) is 64.4 Å². The fourth-order valence-electron chi connectivity index (χ4n) is 1.95. The van der Waals surface area contributed by atoms with E-state index in [4.69, 9.17) is 24.4 Å². The van der Waals surface area contributed by atoms with E-state index in [9.17, 15) is 0 Å². The van der Waals surface area contributed by atoms with Crippen LogP contribution in [0.15, 0.2) is 0 Å². The van der Waals surface area contributed by atoms with Crippen LogP contribution in [-0.2, 0) is 14.2 Å². The maximum absolute atomic E-state index is 8.57. The Morgan fingerprint density at radius 1 is 1.00 bits per heavy atom. The van der Waals surface area contributed by atoms with E-state index in [2.05, 4.69) is 13.8 Å². The molecule has 2 heterocycles. The summed E-state index contributed by atoms with van der Waals surface area (Å²) in [6, 6.07) is 0. The van der Waals surface area contributed by atoms with Gasteiger partial charge < -0.3 is 24.4 Å². The van der Waals surface area contributed by atoms with Gasteiger partial charge in [-0.15, -0.1) is 0 Å². The first kappa shape index (κ1) is 17.9. The SMILES string of the molecule is C(OCC1CO1)C1CO1.CCC(CC)CCCC(O)O. The molecule has 0 aliphatic carbocycles. The van der Waals surface area contributed by atoms with Gasteiger partial charge in [0.2, 0.25) is 0 Å². The van der Waals surface area contributed by atoms with Crippen LogP contribution in [0.3, 0.4) is 0 Å². The summed E-state index contributed by atoms with van der Waals surface area (Å²) >= 11 is 0. The number of epoxide rings is 2. The molecule has 0 amide bonds. The second kappa shape index (κ2) is 10.5. The monoisotopic (exact) mass is 290 g/mol. The van der Waals surface area contributed by atoms with Crippen LogP contribution < -0.4 is 0 Å². The second-order valence-corrected chi connectivity index (χ2v) is 5.54. The number of rotatable bonds is 10. The van der Waals surface area contributed by atoms with Gasteiger partial charge in [-0.05, 0) is 18.8 Å². The minimum absolute atomic E-state index is 0.392. The summed E-state index contributed by atoms with van der Waals surface area (Å²) in [5.41, 5.74) is 0. The van der Waals surface area contributed by atoms with Gasteiger partial charge in [-0.25, -0.2) is 0 Å². The zero-order valence-electron chi connectivity index (χ0n) is 12.8. The second-order valence-electron chi connectivity index (χ2n) is 5.54. The quantitative estimate of drug-likeness (QED) is 0.473. The molecule has 0 aromatic heterocycles. The van der Waals surface area contributed by atoms with Crippen LogP contribution in [0.5, 0.6) is 0 Å². The van der Waals surface area contributed by atoms with Crippen molar-refractivity contribution in [2.75, 3.05) is 26.4 Å². The molecule has 0 spiro atoms. The Hall–Kier alpha value is -0.200. The first-order valence-electron chi connectivity index (χ1n) is 7.82. The summed E-state index contributed by atoms with van der Waals surface area (Å²) in [4.78, 5) is 0. The number of hydrogen-bond acceptors (Lipinski definition) is 5. The average Bonchev–Trinajstić information content (AvgIpc) is 3.29. The van der Waals surface area contributed by atoms with Crippen LogP contribution >= 0.6 is 0 Å². The zero-order valence-corrected chi connectivity index (χ0v) is 12.8. The average molecular weight is 290 g/mol. The van der Waals surface area contributed by atoms with Crippen LogP contribution in [0, 0.1) is 5.92 Å². The maximum atomic E-state index is 8.57. The highest BCUT2D eigenvalue weighted by atomic mass is 16.6. The molecule has 120 valence electrons. The van der Waals surface area contributed by atoms with Crippen LogP contribution in [0.1, 0.15) is 46.0 Å². The Labute approximate surface area is 122 Å². The summed E-state index contributed by atoms with van der Waals surface area (Å²) in [6.45, 7) is 7.63. The van der Waals surface area contributed by atoms with Gasteiger partial charge in [0.15, 0.2) is 6.29 Å². The third kappa shape index (κ3) is 10.6. The van der Waals surface area contributed by atoms with Gasteiger partial charge in [0.25, 0.3) is 0 Å².